The summed E-state index contributed by atoms with van der Waals surface area (Å²) in [4.78, 5) is 28.7. The number of sulfonamides is 1. The average molecular weight is 574 g/mol. The zero-order valence-electron chi connectivity index (χ0n) is 22.2. The minimum absolute atomic E-state index is 0.0115. The first-order chi connectivity index (χ1) is 18.5. The third-order valence-corrected chi connectivity index (χ3v) is 8.49. The number of halogens is 2. The molecule has 3 rings (SSSR count). The summed E-state index contributed by atoms with van der Waals surface area (Å²) >= 11 is 5.90. The van der Waals surface area contributed by atoms with Gasteiger partial charge in [0.2, 0.25) is 21.8 Å². The van der Waals surface area contributed by atoms with Crippen LogP contribution in [0.25, 0.3) is 0 Å². The van der Waals surface area contributed by atoms with E-state index in [4.69, 9.17) is 11.6 Å². The molecule has 0 saturated heterocycles. The Kier molecular flexibility index (Phi) is 10.6. The molecule has 39 heavy (non-hydrogen) atoms. The van der Waals surface area contributed by atoms with Crippen LogP contribution in [0.3, 0.4) is 0 Å². The van der Waals surface area contributed by atoms with E-state index in [0.29, 0.717) is 17.0 Å². The van der Waals surface area contributed by atoms with E-state index in [0.717, 1.165) is 9.87 Å². The third kappa shape index (κ3) is 8.36. The number of amides is 2. The predicted molar refractivity (Wildman–Crippen MR) is 150 cm³/mol. The van der Waals surface area contributed by atoms with Gasteiger partial charge in [-0.05, 0) is 60.9 Å². The Morgan fingerprint density at radius 2 is 1.56 bits per heavy atom. The third-order valence-electron chi connectivity index (χ3n) is 6.42. The number of carbonyl (C=O) groups excluding carboxylic acids is 2. The Morgan fingerprint density at radius 3 is 2.15 bits per heavy atom. The lowest BCUT2D eigenvalue weighted by atomic mass is 10.0. The number of likely N-dealkylation sites (N-methyl/N-ethyl adjacent to an activating group) is 1. The maximum atomic E-state index is 13.8. The molecule has 0 bridgehead atoms. The van der Waals surface area contributed by atoms with Gasteiger partial charge in [0.25, 0.3) is 0 Å². The number of rotatable bonds is 12. The quantitative estimate of drug-likeness (QED) is 0.342. The van der Waals surface area contributed by atoms with Crippen molar-refractivity contribution in [1.29, 1.82) is 0 Å². The molecule has 0 spiro atoms. The van der Waals surface area contributed by atoms with E-state index in [2.05, 4.69) is 5.32 Å². The molecule has 0 aliphatic rings. The molecule has 2 atom stereocenters. The second kappa shape index (κ2) is 13.7. The van der Waals surface area contributed by atoms with Crippen molar-refractivity contribution >= 4 is 33.4 Å². The second-order valence-electron chi connectivity index (χ2n) is 9.39. The largest absolute Gasteiger partial charge is 0.352 e. The fourth-order valence-electron chi connectivity index (χ4n) is 3.93. The van der Waals surface area contributed by atoms with Crippen molar-refractivity contribution in [3.05, 3.63) is 101 Å². The lowest BCUT2D eigenvalue weighted by molar-refractivity contribution is -0.141. The van der Waals surface area contributed by atoms with Gasteiger partial charge in [0.15, 0.2) is 0 Å². The van der Waals surface area contributed by atoms with Crippen molar-refractivity contribution < 1.29 is 22.4 Å². The Bertz CT molecular complexity index is 1350. The Hall–Kier alpha value is -3.27. The monoisotopic (exact) mass is 573 g/mol. The maximum absolute atomic E-state index is 13.8. The summed E-state index contributed by atoms with van der Waals surface area (Å²) in [5.74, 6) is -1.35. The van der Waals surface area contributed by atoms with E-state index in [1.165, 1.54) is 60.5 Å². The van der Waals surface area contributed by atoms with Gasteiger partial charge < -0.3 is 10.2 Å². The highest BCUT2D eigenvalue weighted by Crippen LogP contribution is 2.20. The van der Waals surface area contributed by atoms with Gasteiger partial charge in [0.05, 0.1) is 11.4 Å². The van der Waals surface area contributed by atoms with Gasteiger partial charge in [-0.15, -0.1) is 0 Å². The molecule has 10 heteroatoms. The van der Waals surface area contributed by atoms with Crippen molar-refractivity contribution in [3.63, 3.8) is 0 Å². The topological polar surface area (TPSA) is 86.8 Å². The molecule has 0 radical (unpaired) electrons. The summed E-state index contributed by atoms with van der Waals surface area (Å²) in [5, 5.41) is 3.34. The van der Waals surface area contributed by atoms with E-state index >= 15 is 0 Å². The Balaban J connectivity index is 1.97. The van der Waals surface area contributed by atoms with Crippen molar-refractivity contribution in [3.8, 4) is 0 Å². The molecule has 2 amide bonds. The fourth-order valence-corrected chi connectivity index (χ4v) is 5.18. The number of nitrogens with one attached hydrogen (secondary N) is 1. The molecule has 0 unspecified atom stereocenters. The van der Waals surface area contributed by atoms with Crippen molar-refractivity contribution in [1.82, 2.24) is 14.5 Å². The molecule has 7 nitrogen and oxygen atoms in total. The first-order valence-electron chi connectivity index (χ1n) is 12.6. The van der Waals surface area contributed by atoms with Gasteiger partial charge in [-0.25, -0.2) is 12.8 Å². The van der Waals surface area contributed by atoms with Crippen LogP contribution in [0.1, 0.15) is 31.4 Å². The molecule has 0 aliphatic carbocycles. The van der Waals surface area contributed by atoms with Crippen molar-refractivity contribution in [2.75, 3.05) is 13.6 Å². The van der Waals surface area contributed by atoms with Crippen LogP contribution in [0.5, 0.6) is 0 Å². The molecule has 0 heterocycles. The van der Waals surface area contributed by atoms with E-state index in [1.54, 1.807) is 0 Å². The number of hydrogen-bond donors (Lipinski definition) is 1. The minimum atomic E-state index is -4.01. The van der Waals surface area contributed by atoms with E-state index in [1.807, 2.05) is 44.2 Å². The fraction of sp³-hybridized carbons (Fsp3) is 0.310. The van der Waals surface area contributed by atoms with Crippen LogP contribution in [-0.2, 0) is 32.6 Å². The number of nitrogens with zero attached hydrogens (tertiary/aromatic N) is 2. The second-order valence-corrected chi connectivity index (χ2v) is 11.9. The lowest BCUT2D eigenvalue weighted by Crippen LogP contribution is -2.54. The van der Waals surface area contributed by atoms with Gasteiger partial charge >= 0.3 is 0 Å². The van der Waals surface area contributed by atoms with E-state index in [9.17, 15) is 22.4 Å². The summed E-state index contributed by atoms with van der Waals surface area (Å²) in [5.41, 5.74) is 1.43. The van der Waals surface area contributed by atoms with Crippen LogP contribution in [0, 0.1) is 5.82 Å². The summed E-state index contributed by atoms with van der Waals surface area (Å²) < 4.78 is 40.9. The van der Waals surface area contributed by atoms with Crippen LogP contribution in [0.2, 0.25) is 5.02 Å². The maximum Gasteiger partial charge on any atom is 0.243 e. The molecule has 0 fully saturated rings. The molecular weight excluding hydrogens is 541 g/mol. The SMILES string of the molecule is CC[C@@H](C)NC(=O)[C@H](Cc1ccccc1)N(Cc1ccc(F)cc1)C(=O)CN(C)S(=O)(=O)c1ccc(Cl)cc1. The summed E-state index contributed by atoms with van der Waals surface area (Å²) in [6, 6.07) is 19.5. The molecule has 0 aliphatic heterocycles. The van der Waals surface area contributed by atoms with Crippen LogP contribution in [-0.4, -0.2) is 55.1 Å². The highest BCUT2D eigenvalue weighted by molar-refractivity contribution is 7.89. The molecule has 0 aromatic heterocycles. The van der Waals surface area contributed by atoms with Gasteiger partial charge in [-0.1, -0.05) is 61.0 Å². The standard InChI is InChI=1S/C29H33ClFN3O4S/c1-4-21(2)32-29(36)27(18-22-8-6-5-7-9-22)34(19-23-10-14-25(31)15-11-23)28(35)20-33(3)39(37,38)26-16-12-24(30)13-17-26/h5-17,21,27H,4,18-20H2,1-3H3,(H,32,36)/t21-,27+/m1/s1. The highest BCUT2D eigenvalue weighted by Gasteiger charge is 2.33. The van der Waals surface area contributed by atoms with E-state index < -0.39 is 34.3 Å². The van der Waals surface area contributed by atoms with Crippen LogP contribution in [0.15, 0.2) is 83.8 Å². The van der Waals surface area contributed by atoms with Crippen LogP contribution >= 0.6 is 11.6 Å². The lowest BCUT2D eigenvalue weighted by Gasteiger charge is -2.33. The normalized spacial score (nSPS) is 13.1. The van der Waals surface area contributed by atoms with Gasteiger partial charge in [-0.2, -0.15) is 4.31 Å². The Labute approximate surface area is 234 Å². The van der Waals surface area contributed by atoms with Gasteiger partial charge in [0.1, 0.15) is 11.9 Å². The smallest absolute Gasteiger partial charge is 0.243 e. The van der Waals surface area contributed by atoms with E-state index in [-0.39, 0.29) is 29.8 Å². The molecular formula is C29H33ClFN3O4S. The first kappa shape index (κ1) is 30.3. The summed E-state index contributed by atoms with van der Waals surface area (Å²) in [6.07, 6.45) is 0.904. The molecule has 3 aromatic carbocycles. The highest BCUT2D eigenvalue weighted by atomic mass is 35.5. The summed E-state index contributed by atoms with van der Waals surface area (Å²) in [7, 11) is -2.70. The van der Waals surface area contributed by atoms with Crippen molar-refractivity contribution in [2.45, 2.75) is 50.2 Å². The zero-order chi connectivity index (χ0) is 28.6. The number of benzene rings is 3. The van der Waals surface area contributed by atoms with Gasteiger partial charge in [0, 0.05) is 31.1 Å². The summed E-state index contributed by atoms with van der Waals surface area (Å²) in [6.45, 7) is 3.29. The van der Waals surface area contributed by atoms with Gasteiger partial charge in [-0.3, -0.25) is 9.59 Å². The number of carbonyl (C=O) groups is 2. The van der Waals surface area contributed by atoms with Crippen LogP contribution in [0.4, 0.5) is 4.39 Å². The first-order valence-corrected chi connectivity index (χ1v) is 14.4. The minimum Gasteiger partial charge on any atom is -0.352 e. The van der Waals surface area contributed by atoms with Crippen LogP contribution < -0.4 is 5.32 Å². The molecule has 208 valence electrons. The number of hydrogen-bond acceptors (Lipinski definition) is 4. The average Bonchev–Trinajstić information content (AvgIpc) is 2.92. The predicted octanol–water partition coefficient (Wildman–Crippen LogP) is 4.65. The molecule has 0 saturated carbocycles. The van der Waals surface area contributed by atoms with Crippen molar-refractivity contribution in [2.24, 2.45) is 0 Å². The molecule has 3 aromatic rings. The molecule has 1 N–H and O–H groups in total. The Morgan fingerprint density at radius 1 is 0.949 bits per heavy atom. The zero-order valence-corrected chi connectivity index (χ0v) is 23.8.